The van der Waals surface area contributed by atoms with E-state index in [4.69, 9.17) is 18.9 Å². The lowest BCUT2D eigenvalue weighted by molar-refractivity contribution is -0.144. The van der Waals surface area contributed by atoms with Gasteiger partial charge in [-0.1, -0.05) is 0 Å². The van der Waals surface area contributed by atoms with Gasteiger partial charge in [-0.2, -0.15) is 0 Å². The van der Waals surface area contributed by atoms with E-state index in [0.717, 1.165) is 5.56 Å². The standard InChI is InChI=1S/C18H25NO6S/c1-5-25-17(21)6-8-19-16(20)7-9-26-18(19)12-10-14(23-3)15(24-4)11-13(12)22-2/h10-11,18H,5-9H2,1-4H3. The van der Waals surface area contributed by atoms with Crippen molar-refractivity contribution in [1.29, 1.82) is 0 Å². The maximum absolute atomic E-state index is 12.5. The third-order valence-electron chi connectivity index (χ3n) is 4.06. The molecule has 8 heteroatoms. The van der Waals surface area contributed by atoms with Crippen LogP contribution in [0.3, 0.4) is 0 Å². The van der Waals surface area contributed by atoms with Crippen molar-refractivity contribution in [3.05, 3.63) is 17.7 Å². The number of nitrogens with zero attached hydrogens (tertiary/aromatic N) is 1. The Bertz CT molecular complexity index is 651. The van der Waals surface area contributed by atoms with E-state index < -0.39 is 0 Å². The van der Waals surface area contributed by atoms with Gasteiger partial charge in [-0.25, -0.2) is 0 Å². The van der Waals surface area contributed by atoms with E-state index in [0.29, 0.717) is 42.6 Å². The number of carbonyl (C=O) groups excluding carboxylic acids is 2. The van der Waals surface area contributed by atoms with E-state index in [1.165, 1.54) is 0 Å². The Balaban J connectivity index is 2.33. The Hall–Kier alpha value is -2.09. The molecule has 1 fully saturated rings. The van der Waals surface area contributed by atoms with Crippen molar-refractivity contribution in [2.24, 2.45) is 0 Å². The number of benzene rings is 1. The second kappa shape index (κ2) is 9.56. The number of methoxy groups -OCH3 is 3. The highest BCUT2D eigenvalue weighted by Gasteiger charge is 2.33. The van der Waals surface area contributed by atoms with Crippen molar-refractivity contribution in [2.75, 3.05) is 40.2 Å². The number of thioether (sulfide) groups is 1. The fourth-order valence-electron chi connectivity index (χ4n) is 2.81. The monoisotopic (exact) mass is 383 g/mol. The average Bonchev–Trinajstić information content (AvgIpc) is 2.65. The Morgan fingerprint density at radius 1 is 1.15 bits per heavy atom. The van der Waals surface area contributed by atoms with Gasteiger partial charge in [0.05, 0.1) is 34.4 Å². The molecule has 2 rings (SSSR count). The third-order valence-corrected chi connectivity index (χ3v) is 5.32. The van der Waals surface area contributed by atoms with Crippen molar-refractivity contribution in [3.63, 3.8) is 0 Å². The normalized spacial score (nSPS) is 17.0. The number of hydrogen-bond acceptors (Lipinski definition) is 7. The van der Waals surface area contributed by atoms with Gasteiger partial charge in [-0.15, -0.1) is 11.8 Å². The lowest BCUT2D eigenvalue weighted by Gasteiger charge is -2.36. The zero-order valence-electron chi connectivity index (χ0n) is 15.6. The first-order chi connectivity index (χ1) is 12.5. The van der Waals surface area contributed by atoms with E-state index in [-0.39, 0.29) is 23.7 Å². The van der Waals surface area contributed by atoms with Crippen LogP contribution in [0.4, 0.5) is 0 Å². The van der Waals surface area contributed by atoms with Crippen LogP contribution in [-0.2, 0) is 14.3 Å². The number of hydrogen-bond donors (Lipinski definition) is 0. The first-order valence-corrected chi connectivity index (χ1v) is 9.47. The van der Waals surface area contributed by atoms with Gasteiger partial charge in [-0.05, 0) is 13.0 Å². The van der Waals surface area contributed by atoms with Crippen molar-refractivity contribution < 1.29 is 28.5 Å². The molecule has 0 aliphatic carbocycles. The molecule has 0 aromatic heterocycles. The Kier molecular flexibility index (Phi) is 7.44. The quantitative estimate of drug-likeness (QED) is 0.639. The molecular formula is C18H25NO6S. The number of carbonyl (C=O) groups is 2. The molecule has 1 unspecified atom stereocenters. The Morgan fingerprint density at radius 3 is 2.42 bits per heavy atom. The summed E-state index contributed by atoms with van der Waals surface area (Å²) in [5, 5.41) is -0.263. The molecule has 144 valence electrons. The molecule has 0 N–H and O–H groups in total. The van der Waals surface area contributed by atoms with Gasteiger partial charge >= 0.3 is 5.97 Å². The second-order valence-electron chi connectivity index (χ2n) is 5.56. The van der Waals surface area contributed by atoms with Crippen molar-refractivity contribution in [2.45, 2.75) is 25.1 Å². The Labute approximate surface area is 157 Å². The minimum absolute atomic E-state index is 0.00915. The van der Waals surface area contributed by atoms with Crippen LogP contribution < -0.4 is 14.2 Å². The van der Waals surface area contributed by atoms with E-state index in [1.807, 2.05) is 6.07 Å². The summed E-state index contributed by atoms with van der Waals surface area (Å²) in [7, 11) is 4.69. The van der Waals surface area contributed by atoms with Gasteiger partial charge in [0.15, 0.2) is 11.5 Å². The van der Waals surface area contributed by atoms with Crippen LogP contribution in [0.5, 0.6) is 17.2 Å². The summed E-state index contributed by atoms with van der Waals surface area (Å²) in [6.07, 6.45) is 0.603. The molecule has 1 amide bonds. The predicted molar refractivity (Wildman–Crippen MR) is 98.9 cm³/mol. The van der Waals surface area contributed by atoms with Gasteiger partial charge in [-0.3, -0.25) is 9.59 Å². The largest absolute Gasteiger partial charge is 0.496 e. The van der Waals surface area contributed by atoms with E-state index in [2.05, 4.69) is 0 Å². The zero-order chi connectivity index (χ0) is 19.1. The minimum Gasteiger partial charge on any atom is -0.496 e. The topological polar surface area (TPSA) is 74.3 Å². The Morgan fingerprint density at radius 2 is 1.81 bits per heavy atom. The van der Waals surface area contributed by atoms with Gasteiger partial charge in [0.2, 0.25) is 5.91 Å². The maximum Gasteiger partial charge on any atom is 0.307 e. The number of rotatable bonds is 8. The van der Waals surface area contributed by atoms with E-state index in [9.17, 15) is 9.59 Å². The summed E-state index contributed by atoms with van der Waals surface area (Å²) in [5.41, 5.74) is 0.812. The molecule has 1 aliphatic heterocycles. The van der Waals surface area contributed by atoms with Crippen LogP contribution in [0.15, 0.2) is 12.1 Å². The molecule has 1 saturated heterocycles. The van der Waals surface area contributed by atoms with Gasteiger partial charge in [0, 0.05) is 30.3 Å². The maximum atomic E-state index is 12.5. The van der Waals surface area contributed by atoms with Gasteiger partial charge in [0.25, 0.3) is 0 Å². The fraction of sp³-hybridized carbons (Fsp3) is 0.556. The van der Waals surface area contributed by atoms with Crippen LogP contribution in [0.1, 0.15) is 30.7 Å². The number of ether oxygens (including phenoxy) is 4. The summed E-state index contributed by atoms with van der Waals surface area (Å²) in [4.78, 5) is 25.9. The minimum atomic E-state index is -0.311. The smallest absolute Gasteiger partial charge is 0.307 e. The zero-order valence-corrected chi connectivity index (χ0v) is 16.4. The molecule has 7 nitrogen and oxygen atoms in total. The lowest BCUT2D eigenvalue weighted by Crippen LogP contribution is -2.39. The van der Waals surface area contributed by atoms with Crippen LogP contribution in [0.25, 0.3) is 0 Å². The molecule has 1 aromatic carbocycles. The number of esters is 1. The fourth-order valence-corrected chi connectivity index (χ4v) is 4.09. The van der Waals surface area contributed by atoms with Gasteiger partial charge < -0.3 is 23.8 Å². The SMILES string of the molecule is CCOC(=O)CCN1C(=O)CCSC1c1cc(OC)c(OC)cc1OC. The molecule has 1 aliphatic rings. The summed E-state index contributed by atoms with van der Waals surface area (Å²) < 4.78 is 21.2. The first-order valence-electron chi connectivity index (χ1n) is 8.42. The van der Waals surface area contributed by atoms with Crippen LogP contribution in [0, 0.1) is 0 Å². The van der Waals surface area contributed by atoms with E-state index in [1.54, 1.807) is 51.0 Å². The van der Waals surface area contributed by atoms with Crippen LogP contribution in [0.2, 0.25) is 0 Å². The molecule has 1 atom stereocenters. The third kappa shape index (κ3) is 4.55. The van der Waals surface area contributed by atoms with Crippen molar-refractivity contribution in [1.82, 2.24) is 4.90 Å². The van der Waals surface area contributed by atoms with Crippen molar-refractivity contribution in [3.8, 4) is 17.2 Å². The molecule has 1 aromatic rings. The molecule has 0 spiro atoms. The second-order valence-corrected chi connectivity index (χ2v) is 6.75. The predicted octanol–water partition coefficient (Wildman–Crippen LogP) is 2.63. The van der Waals surface area contributed by atoms with Crippen LogP contribution >= 0.6 is 11.8 Å². The highest BCUT2D eigenvalue weighted by atomic mass is 32.2. The summed E-state index contributed by atoms with van der Waals surface area (Å²) >= 11 is 1.63. The molecule has 0 bridgehead atoms. The average molecular weight is 383 g/mol. The summed E-state index contributed by atoms with van der Waals surface area (Å²) in [6.45, 7) is 2.39. The molecule has 1 heterocycles. The molecule has 26 heavy (non-hydrogen) atoms. The van der Waals surface area contributed by atoms with E-state index >= 15 is 0 Å². The summed E-state index contributed by atoms with van der Waals surface area (Å²) in [5.74, 6) is 2.13. The molecule has 0 radical (unpaired) electrons. The van der Waals surface area contributed by atoms with Crippen molar-refractivity contribution >= 4 is 23.6 Å². The highest BCUT2D eigenvalue weighted by Crippen LogP contribution is 2.45. The molecule has 0 saturated carbocycles. The van der Waals surface area contributed by atoms with Crippen LogP contribution in [-0.4, -0.2) is 57.0 Å². The highest BCUT2D eigenvalue weighted by molar-refractivity contribution is 7.99. The summed E-state index contributed by atoms with van der Waals surface area (Å²) in [6, 6.07) is 3.57. The van der Waals surface area contributed by atoms with Gasteiger partial charge in [0.1, 0.15) is 11.1 Å². The lowest BCUT2D eigenvalue weighted by atomic mass is 10.1. The first kappa shape index (κ1) is 20.2. The number of amides is 1. The molecular weight excluding hydrogens is 358 g/mol.